The molecule has 1 fully saturated rings. The molecule has 1 amide bonds. The number of sulfonamides is 1. The van der Waals surface area contributed by atoms with Crippen LogP contribution in [0, 0.1) is 5.92 Å². The lowest BCUT2D eigenvalue weighted by Gasteiger charge is -2.29. The van der Waals surface area contributed by atoms with Crippen LogP contribution in [-0.4, -0.2) is 41.8 Å². The molecule has 29 heavy (non-hydrogen) atoms. The predicted octanol–water partition coefficient (Wildman–Crippen LogP) is 2.74. The highest BCUT2D eigenvalue weighted by molar-refractivity contribution is 7.90. The molecular weight excluding hydrogens is 392 g/mol. The Morgan fingerprint density at radius 3 is 2.41 bits per heavy atom. The van der Waals surface area contributed by atoms with Gasteiger partial charge in [0.05, 0.1) is 4.75 Å². The number of carbonyl (C=O) groups is 1. The zero-order chi connectivity index (χ0) is 21.1. The van der Waals surface area contributed by atoms with E-state index in [0.29, 0.717) is 12.4 Å². The van der Waals surface area contributed by atoms with Crippen molar-refractivity contribution in [3.8, 4) is 11.4 Å². The number of amides is 1. The summed E-state index contributed by atoms with van der Waals surface area (Å²) in [4.78, 5) is 16.6. The molecule has 0 aliphatic heterocycles. The van der Waals surface area contributed by atoms with Crippen LogP contribution in [0.5, 0.6) is 0 Å². The van der Waals surface area contributed by atoms with E-state index in [1.165, 1.54) is 0 Å². The minimum absolute atomic E-state index is 0.0186. The molecule has 3 rings (SSSR count). The number of nitrogens with one attached hydrogen (secondary N) is 2. The van der Waals surface area contributed by atoms with Gasteiger partial charge in [-0.1, -0.05) is 35.5 Å². The fourth-order valence-electron chi connectivity index (χ4n) is 3.22. The fourth-order valence-corrected chi connectivity index (χ4v) is 4.11. The first kappa shape index (κ1) is 21.4. The van der Waals surface area contributed by atoms with Crippen LogP contribution in [0.2, 0.25) is 0 Å². The highest BCUT2D eigenvalue weighted by Crippen LogP contribution is 2.25. The van der Waals surface area contributed by atoms with Crippen LogP contribution in [0.3, 0.4) is 0 Å². The molecule has 0 radical (unpaired) electrons. The number of nitrogens with zero attached hydrogens (tertiary/aromatic N) is 2. The molecule has 0 spiro atoms. The molecule has 9 heteroatoms. The van der Waals surface area contributed by atoms with Crippen molar-refractivity contribution in [1.29, 1.82) is 0 Å². The third-order valence-electron chi connectivity index (χ3n) is 5.20. The molecule has 8 nitrogen and oxygen atoms in total. The molecule has 1 aliphatic rings. The first-order chi connectivity index (χ1) is 13.7. The standard InChI is InChI=1S/C20H28N4O4S/c1-20(2,3)29(26,27)21-13-14-9-11-16(12-10-14)22-18(25)19-23-17(24-28-19)15-7-5-4-6-8-15/h4-8,14,16,21H,9-13H2,1-3H3,(H,22,25). The SMILES string of the molecule is CC(C)(C)S(=O)(=O)NCC1CCC(NC(=O)c2nc(-c3ccccc3)no2)CC1. The van der Waals surface area contributed by atoms with E-state index in [1.807, 2.05) is 30.3 Å². The number of carbonyl (C=O) groups excluding carboxylic acids is 1. The van der Waals surface area contributed by atoms with Crippen LogP contribution in [0.4, 0.5) is 0 Å². The predicted molar refractivity (Wildman–Crippen MR) is 110 cm³/mol. The second-order valence-electron chi connectivity index (χ2n) is 8.44. The first-order valence-electron chi connectivity index (χ1n) is 9.85. The molecule has 0 atom stereocenters. The van der Waals surface area contributed by atoms with Gasteiger partial charge in [-0.3, -0.25) is 4.79 Å². The Labute approximate surface area is 171 Å². The van der Waals surface area contributed by atoms with Crippen molar-refractivity contribution >= 4 is 15.9 Å². The maximum Gasteiger partial charge on any atom is 0.316 e. The van der Waals surface area contributed by atoms with Gasteiger partial charge in [0.1, 0.15) is 0 Å². The van der Waals surface area contributed by atoms with E-state index >= 15 is 0 Å². The average Bonchev–Trinajstić information content (AvgIpc) is 3.18. The Morgan fingerprint density at radius 1 is 1.14 bits per heavy atom. The Morgan fingerprint density at radius 2 is 1.79 bits per heavy atom. The van der Waals surface area contributed by atoms with E-state index < -0.39 is 14.8 Å². The third kappa shape index (κ3) is 5.42. The molecule has 1 heterocycles. The van der Waals surface area contributed by atoms with Crippen molar-refractivity contribution in [2.75, 3.05) is 6.54 Å². The summed E-state index contributed by atoms with van der Waals surface area (Å²) in [5.74, 6) is 0.222. The van der Waals surface area contributed by atoms with Gasteiger partial charge < -0.3 is 9.84 Å². The van der Waals surface area contributed by atoms with Gasteiger partial charge in [0.15, 0.2) is 0 Å². The van der Waals surface area contributed by atoms with Gasteiger partial charge >= 0.3 is 11.8 Å². The number of rotatable bonds is 6. The van der Waals surface area contributed by atoms with Gasteiger partial charge in [-0.25, -0.2) is 13.1 Å². The van der Waals surface area contributed by atoms with Crippen molar-refractivity contribution in [3.63, 3.8) is 0 Å². The minimum atomic E-state index is -3.33. The maximum absolute atomic E-state index is 12.4. The van der Waals surface area contributed by atoms with Gasteiger partial charge in [0.25, 0.3) is 0 Å². The Hall–Kier alpha value is -2.26. The zero-order valence-corrected chi connectivity index (χ0v) is 17.8. The monoisotopic (exact) mass is 420 g/mol. The van der Waals surface area contributed by atoms with Gasteiger partial charge in [-0.2, -0.15) is 4.98 Å². The van der Waals surface area contributed by atoms with Crippen LogP contribution >= 0.6 is 0 Å². The molecule has 0 bridgehead atoms. The lowest BCUT2D eigenvalue weighted by atomic mass is 9.86. The molecule has 2 N–H and O–H groups in total. The molecule has 158 valence electrons. The minimum Gasteiger partial charge on any atom is -0.345 e. The van der Waals surface area contributed by atoms with Crippen molar-refractivity contribution < 1.29 is 17.7 Å². The quantitative estimate of drug-likeness (QED) is 0.743. The molecule has 0 saturated heterocycles. The average molecular weight is 421 g/mol. The van der Waals surface area contributed by atoms with E-state index in [-0.39, 0.29) is 23.8 Å². The summed E-state index contributed by atoms with van der Waals surface area (Å²) in [5.41, 5.74) is 0.786. The van der Waals surface area contributed by atoms with Gasteiger partial charge in [-0.05, 0) is 52.4 Å². The molecule has 1 aliphatic carbocycles. The van der Waals surface area contributed by atoms with E-state index in [0.717, 1.165) is 31.2 Å². The highest BCUT2D eigenvalue weighted by Gasteiger charge is 2.30. The van der Waals surface area contributed by atoms with Crippen LogP contribution < -0.4 is 10.0 Å². The Bertz CT molecular complexity index is 927. The van der Waals surface area contributed by atoms with E-state index in [9.17, 15) is 13.2 Å². The summed E-state index contributed by atoms with van der Waals surface area (Å²) < 4.78 is 31.4. The number of aromatic nitrogens is 2. The highest BCUT2D eigenvalue weighted by atomic mass is 32.2. The van der Waals surface area contributed by atoms with Crippen molar-refractivity contribution in [2.45, 2.75) is 57.2 Å². The van der Waals surface area contributed by atoms with E-state index in [2.05, 4.69) is 20.2 Å². The van der Waals surface area contributed by atoms with Crippen molar-refractivity contribution in [3.05, 3.63) is 36.2 Å². The number of hydrogen-bond acceptors (Lipinski definition) is 6. The summed E-state index contributed by atoms with van der Waals surface area (Å²) in [5, 5.41) is 6.81. The smallest absolute Gasteiger partial charge is 0.316 e. The summed E-state index contributed by atoms with van der Waals surface area (Å²) in [6.45, 7) is 5.48. The molecule has 2 aromatic rings. The van der Waals surface area contributed by atoms with Crippen molar-refractivity contribution in [1.82, 2.24) is 20.2 Å². The number of hydrogen-bond donors (Lipinski definition) is 2. The second kappa shape index (κ2) is 8.62. The third-order valence-corrected chi connectivity index (χ3v) is 7.36. The summed E-state index contributed by atoms with van der Waals surface area (Å²) >= 11 is 0. The van der Waals surface area contributed by atoms with Gasteiger partial charge in [0, 0.05) is 18.2 Å². The molecule has 1 aromatic carbocycles. The van der Waals surface area contributed by atoms with Crippen LogP contribution in [0.15, 0.2) is 34.9 Å². The lowest BCUT2D eigenvalue weighted by molar-refractivity contribution is 0.0878. The van der Waals surface area contributed by atoms with Crippen LogP contribution in [0.1, 0.15) is 57.1 Å². The van der Waals surface area contributed by atoms with E-state index in [1.54, 1.807) is 20.8 Å². The van der Waals surface area contributed by atoms with Crippen LogP contribution in [-0.2, 0) is 10.0 Å². The molecule has 0 unspecified atom stereocenters. The first-order valence-corrected chi connectivity index (χ1v) is 11.3. The molecule has 1 aromatic heterocycles. The van der Waals surface area contributed by atoms with E-state index in [4.69, 9.17) is 4.52 Å². The fraction of sp³-hybridized carbons (Fsp3) is 0.550. The summed E-state index contributed by atoms with van der Waals surface area (Å²) in [6, 6.07) is 9.34. The van der Waals surface area contributed by atoms with Gasteiger partial charge in [0.2, 0.25) is 15.8 Å². The largest absolute Gasteiger partial charge is 0.345 e. The Kier molecular flexibility index (Phi) is 6.38. The molecule has 1 saturated carbocycles. The second-order valence-corrected chi connectivity index (χ2v) is 11.0. The topological polar surface area (TPSA) is 114 Å². The lowest BCUT2D eigenvalue weighted by Crippen LogP contribution is -2.43. The van der Waals surface area contributed by atoms with Crippen LogP contribution in [0.25, 0.3) is 11.4 Å². The normalized spacial score (nSPS) is 20.4. The zero-order valence-electron chi connectivity index (χ0n) is 17.0. The summed E-state index contributed by atoms with van der Waals surface area (Å²) in [6.07, 6.45) is 3.26. The maximum atomic E-state index is 12.4. The van der Waals surface area contributed by atoms with Crippen molar-refractivity contribution in [2.24, 2.45) is 5.92 Å². The van der Waals surface area contributed by atoms with Gasteiger partial charge in [-0.15, -0.1) is 0 Å². The summed E-state index contributed by atoms with van der Waals surface area (Å²) in [7, 11) is -3.33. The molecular formula is C20H28N4O4S. The number of benzene rings is 1. The Balaban J connectivity index is 1.47.